The first-order valence-corrected chi connectivity index (χ1v) is 10.9. The van der Waals surface area contributed by atoms with Crippen LogP contribution in [0.3, 0.4) is 0 Å². The number of carboxylic acid groups (broad SMARTS) is 1. The van der Waals surface area contributed by atoms with Crippen LogP contribution in [-0.4, -0.2) is 66.6 Å². The highest BCUT2D eigenvalue weighted by molar-refractivity contribution is 5.92. The van der Waals surface area contributed by atoms with Gasteiger partial charge in [-0.05, 0) is 51.1 Å². The Morgan fingerprint density at radius 1 is 0.903 bits per heavy atom. The van der Waals surface area contributed by atoms with Gasteiger partial charge in [0.05, 0.1) is 12.6 Å². The summed E-state index contributed by atoms with van der Waals surface area (Å²) < 4.78 is 0. The second kappa shape index (κ2) is 16.5. The fourth-order valence-electron chi connectivity index (χ4n) is 2.88. The molecule has 0 saturated heterocycles. The minimum atomic E-state index is -1.13. The van der Waals surface area contributed by atoms with Crippen LogP contribution in [0.25, 0.3) is 0 Å². The van der Waals surface area contributed by atoms with Gasteiger partial charge in [0.1, 0.15) is 12.1 Å². The molecule has 11 heteroatoms. The lowest BCUT2D eigenvalue weighted by atomic mass is 9.99. The van der Waals surface area contributed by atoms with Gasteiger partial charge in [0.25, 0.3) is 0 Å². The zero-order chi connectivity index (χ0) is 23.8. The van der Waals surface area contributed by atoms with Gasteiger partial charge in [-0.25, -0.2) is 4.79 Å². The van der Waals surface area contributed by atoms with E-state index in [1.807, 2.05) is 6.92 Å². The number of carbonyl (C=O) groups is 4. The Hall–Kier alpha value is -2.24. The molecule has 4 atom stereocenters. The molecule has 0 aliphatic heterocycles. The van der Waals surface area contributed by atoms with Crippen LogP contribution < -0.4 is 33.2 Å². The molecule has 3 amide bonds. The summed E-state index contributed by atoms with van der Waals surface area (Å²) in [7, 11) is 0. The summed E-state index contributed by atoms with van der Waals surface area (Å²) in [5.74, 6) is -3.00. The van der Waals surface area contributed by atoms with Crippen molar-refractivity contribution in [1.82, 2.24) is 16.0 Å². The van der Waals surface area contributed by atoms with Crippen molar-refractivity contribution in [2.45, 2.75) is 76.9 Å². The number of carbonyl (C=O) groups excluding carboxylic acids is 3. The maximum atomic E-state index is 12.6. The van der Waals surface area contributed by atoms with Crippen LogP contribution in [0.1, 0.15) is 58.8 Å². The highest BCUT2D eigenvalue weighted by Crippen LogP contribution is 2.08. The van der Waals surface area contributed by atoms with E-state index >= 15 is 0 Å². The third-order valence-corrected chi connectivity index (χ3v) is 5.10. The van der Waals surface area contributed by atoms with E-state index in [4.69, 9.17) is 17.2 Å². The van der Waals surface area contributed by atoms with Crippen molar-refractivity contribution < 1.29 is 24.3 Å². The molecular weight excluding hydrogens is 404 g/mol. The molecule has 0 spiro atoms. The van der Waals surface area contributed by atoms with Crippen molar-refractivity contribution in [3.05, 3.63) is 0 Å². The van der Waals surface area contributed by atoms with Crippen LogP contribution in [0.15, 0.2) is 0 Å². The molecule has 0 aliphatic carbocycles. The Balaban J connectivity index is 4.83. The average Bonchev–Trinajstić information content (AvgIpc) is 2.74. The number of amides is 3. The molecule has 0 aromatic heterocycles. The minimum absolute atomic E-state index is 0.263. The molecule has 0 heterocycles. The van der Waals surface area contributed by atoms with Crippen LogP contribution in [0.5, 0.6) is 0 Å². The van der Waals surface area contributed by atoms with Gasteiger partial charge in [-0.2, -0.15) is 0 Å². The minimum Gasteiger partial charge on any atom is -0.480 e. The SMILES string of the molecule is CC[C@H](C)[C@H](NC(=O)CNC(=O)[C@H](CCCCN)NC(=O)[C@@H](N)CCCCN)C(=O)O. The molecular formula is C20H40N6O5. The lowest BCUT2D eigenvalue weighted by Gasteiger charge is -2.22. The molecule has 180 valence electrons. The van der Waals surface area contributed by atoms with Crippen LogP contribution in [0.4, 0.5) is 0 Å². The Morgan fingerprint density at radius 3 is 2.00 bits per heavy atom. The molecule has 0 aliphatic rings. The number of unbranched alkanes of at least 4 members (excludes halogenated alkanes) is 2. The van der Waals surface area contributed by atoms with E-state index in [-0.39, 0.29) is 5.92 Å². The zero-order valence-electron chi connectivity index (χ0n) is 18.7. The van der Waals surface area contributed by atoms with Crippen LogP contribution >= 0.6 is 0 Å². The van der Waals surface area contributed by atoms with Crippen molar-refractivity contribution in [1.29, 1.82) is 0 Å². The number of nitrogens with two attached hydrogens (primary N) is 3. The second-order valence-corrected chi connectivity index (χ2v) is 7.72. The van der Waals surface area contributed by atoms with Gasteiger partial charge in [0, 0.05) is 0 Å². The van der Waals surface area contributed by atoms with E-state index in [0.29, 0.717) is 51.6 Å². The molecule has 0 rings (SSSR count). The van der Waals surface area contributed by atoms with E-state index in [0.717, 1.165) is 6.42 Å². The lowest BCUT2D eigenvalue weighted by molar-refractivity contribution is -0.143. The number of hydrogen-bond acceptors (Lipinski definition) is 7. The number of rotatable bonds is 17. The van der Waals surface area contributed by atoms with Crippen LogP contribution in [-0.2, 0) is 19.2 Å². The predicted molar refractivity (Wildman–Crippen MR) is 118 cm³/mol. The zero-order valence-corrected chi connectivity index (χ0v) is 18.7. The number of hydrogen-bond donors (Lipinski definition) is 7. The van der Waals surface area contributed by atoms with Crippen molar-refractivity contribution in [2.75, 3.05) is 19.6 Å². The van der Waals surface area contributed by atoms with Gasteiger partial charge in [0.15, 0.2) is 0 Å². The summed E-state index contributed by atoms with van der Waals surface area (Å²) >= 11 is 0. The lowest BCUT2D eigenvalue weighted by Crippen LogP contribution is -2.54. The first kappa shape index (κ1) is 28.8. The fourth-order valence-corrected chi connectivity index (χ4v) is 2.88. The maximum Gasteiger partial charge on any atom is 0.326 e. The van der Waals surface area contributed by atoms with E-state index in [1.54, 1.807) is 6.92 Å². The van der Waals surface area contributed by atoms with Gasteiger partial charge in [-0.1, -0.05) is 26.7 Å². The van der Waals surface area contributed by atoms with E-state index in [1.165, 1.54) is 0 Å². The molecule has 0 aromatic carbocycles. The van der Waals surface area contributed by atoms with Gasteiger partial charge < -0.3 is 38.3 Å². The Morgan fingerprint density at radius 2 is 1.48 bits per heavy atom. The molecule has 0 unspecified atom stereocenters. The molecule has 31 heavy (non-hydrogen) atoms. The fraction of sp³-hybridized carbons (Fsp3) is 0.800. The highest BCUT2D eigenvalue weighted by atomic mass is 16.4. The highest BCUT2D eigenvalue weighted by Gasteiger charge is 2.27. The van der Waals surface area contributed by atoms with E-state index < -0.39 is 48.4 Å². The monoisotopic (exact) mass is 444 g/mol. The normalized spacial score (nSPS) is 14.7. The largest absolute Gasteiger partial charge is 0.480 e. The van der Waals surface area contributed by atoms with Crippen molar-refractivity contribution in [3.63, 3.8) is 0 Å². The predicted octanol–water partition coefficient (Wildman–Crippen LogP) is -1.21. The van der Waals surface area contributed by atoms with Crippen LogP contribution in [0, 0.1) is 5.92 Å². The molecule has 0 saturated carbocycles. The summed E-state index contributed by atoms with van der Waals surface area (Å²) in [6.45, 7) is 4.11. The quantitative estimate of drug-likeness (QED) is 0.135. The summed E-state index contributed by atoms with van der Waals surface area (Å²) in [4.78, 5) is 48.3. The molecule has 0 radical (unpaired) electrons. The summed E-state index contributed by atoms with van der Waals surface area (Å²) in [5.41, 5.74) is 16.8. The summed E-state index contributed by atoms with van der Waals surface area (Å²) in [6, 6.07) is -2.66. The Kier molecular flexibility index (Phi) is 15.3. The standard InChI is InChI=1S/C20H40N6O5/c1-3-13(2)17(20(30)31)26-16(27)12-24-19(29)15(9-5-7-11-22)25-18(28)14(23)8-4-6-10-21/h13-15,17H,3-12,21-23H2,1-2H3,(H,24,29)(H,25,28)(H,26,27)(H,30,31)/t13-,14-,15-,17-/m0/s1. The van der Waals surface area contributed by atoms with E-state index in [9.17, 15) is 24.3 Å². The van der Waals surface area contributed by atoms with Crippen LogP contribution in [0.2, 0.25) is 0 Å². The van der Waals surface area contributed by atoms with Gasteiger partial charge >= 0.3 is 5.97 Å². The van der Waals surface area contributed by atoms with Gasteiger partial charge in [-0.15, -0.1) is 0 Å². The topological polar surface area (TPSA) is 203 Å². The Bertz CT molecular complexity index is 574. The first-order valence-electron chi connectivity index (χ1n) is 10.9. The average molecular weight is 445 g/mol. The van der Waals surface area contributed by atoms with E-state index in [2.05, 4.69) is 16.0 Å². The number of aliphatic carboxylic acids is 1. The van der Waals surface area contributed by atoms with Crippen molar-refractivity contribution in [3.8, 4) is 0 Å². The Labute approximate surface area is 184 Å². The van der Waals surface area contributed by atoms with Gasteiger partial charge in [0.2, 0.25) is 17.7 Å². The molecule has 11 nitrogen and oxygen atoms in total. The summed E-state index contributed by atoms with van der Waals surface area (Å²) in [5, 5.41) is 16.8. The van der Waals surface area contributed by atoms with Crippen molar-refractivity contribution >= 4 is 23.7 Å². The molecule has 10 N–H and O–H groups in total. The molecule has 0 fully saturated rings. The number of carboxylic acids is 1. The number of nitrogens with one attached hydrogen (secondary N) is 3. The third kappa shape index (κ3) is 12.3. The molecule has 0 aromatic rings. The third-order valence-electron chi connectivity index (χ3n) is 5.10. The first-order chi connectivity index (χ1) is 14.7. The second-order valence-electron chi connectivity index (χ2n) is 7.72. The summed E-state index contributed by atoms with van der Waals surface area (Å²) in [6.07, 6.45) is 4.12. The van der Waals surface area contributed by atoms with Gasteiger partial charge in [-0.3, -0.25) is 14.4 Å². The maximum absolute atomic E-state index is 12.6. The van der Waals surface area contributed by atoms with Crippen molar-refractivity contribution in [2.24, 2.45) is 23.1 Å². The molecule has 0 bridgehead atoms. The smallest absolute Gasteiger partial charge is 0.326 e.